The highest BCUT2D eigenvalue weighted by Crippen LogP contribution is 2.17. The van der Waals surface area contributed by atoms with Gasteiger partial charge in [0.15, 0.2) is 0 Å². The number of pyridine rings is 1. The van der Waals surface area contributed by atoms with E-state index >= 15 is 0 Å². The quantitative estimate of drug-likeness (QED) is 0.621. The number of hydrazine groups is 1. The highest BCUT2D eigenvalue weighted by Gasteiger charge is 2.10. The Balaban J connectivity index is 2.17. The fourth-order valence-electron chi connectivity index (χ4n) is 1.89. The van der Waals surface area contributed by atoms with Crippen molar-refractivity contribution in [3.63, 3.8) is 0 Å². The van der Waals surface area contributed by atoms with Crippen LogP contribution in [0.2, 0.25) is 0 Å². The Morgan fingerprint density at radius 2 is 2.00 bits per heavy atom. The topological polar surface area (TPSA) is 50.9 Å². The van der Waals surface area contributed by atoms with Crippen LogP contribution in [0.3, 0.4) is 0 Å². The van der Waals surface area contributed by atoms with Gasteiger partial charge in [0, 0.05) is 12.4 Å². The van der Waals surface area contributed by atoms with Gasteiger partial charge in [0.25, 0.3) is 0 Å². The van der Waals surface area contributed by atoms with Crippen molar-refractivity contribution in [2.45, 2.75) is 19.4 Å². The van der Waals surface area contributed by atoms with E-state index in [9.17, 15) is 0 Å². The molecule has 3 heteroatoms. The first-order valence-corrected chi connectivity index (χ1v) is 5.71. The molecular formula is C14H17N3. The summed E-state index contributed by atoms with van der Waals surface area (Å²) < 4.78 is 0. The second-order valence-electron chi connectivity index (χ2n) is 4.20. The summed E-state index contributed by atoms with van der Waals surface area (Å²) in [6, 6.07) is 12.5. The van der Waals surface area contributed by atoms with E-state index in [1.54, 1.807) is 0 Å². The van der Waals surface area contributed by atoms with E-state index in [1.807, 2.05) is 37.5 Å². The summed E-state index contributed by atoms with van der Waals surface area (Å²) in [5, 5.41) is 0. The third-order valence-corrected chi connectivity index (χ3v) is 2.78. The number of nitrogens with zero attached hydrogens (tertiary/aromatic N) is 1. The van der Waals surface area contributed by atoms with Crippen molar-refractivity contribution in [2.24, 2.45) is 5.84 Å². The molecule has 3 nitrogen and oxygen atoms in total. The van der Waals surface area contributed by atoms with Gasteiger partial charge in [-0.3, -0.25) is 16.3 Å². The molecule has 0 spiro atoms. The van der Waals surface area contributed by atoms with Gasteiger partial charge in [-0.25, -0.2) is 0 Å². The van der Waals surface area contributed by atoms with E-state index in [2.05, 4.69) is 28.6 Å². The molecule has 1 aromatic carbocycles. The Morgan fingerprint density at radius 1 is 1.24 bits per heavy atom. The molecule has 2 aromatic rings. The summed E-state index contributed by atoms with van der Waals surface area (Å²) in [7, 11) is 0. The second-order valence-corrected chi connectivity index (χ2v) is 4.20. The zero-order valence-electron chi connectivity index (χ0n) is 9.93. The highest BCUT2D eigenvalue weighted by molar-refractivity contribution is 5.24. The van der Waals surface area contributed by atoms with Gasteiger partial charge in [0.05, 0.1) is 6.04 Å². The largest absolute Gasteiger partial charge is 0.271 e. The summed E-state index contributed by atoms with van der Waals surface area (Å²) >= 11 is 0. The first-order valence-electron chi connectivity index (χ1n) is 5.71. The number of hydrogen-bond acceptors (Lipinski definition) is 3. The lowest BCUT2D eigenvalue weighted by molar-refractivity contribution is 0.550. The predicted molar refractivity (Wildman–Crippen MR) is 69.2 cm³/mol. The van der Waals surface area contributed by atoms with E-state index in [-0.39, 0.29) is 6.04 Å². The Kier molecular flexibility index (Phi) is 3.85. The fourth-order valence-corrected chi connectivity index (χ4v) is 1.89. The normalized spacial score (nSPS) is 12.4. The van der Waals surface area contributed by atoms with Crippen LogP contribution in [0.4, 0.5) is 0 Å². The van der Waals surface area contributed by atoms with Gasteiger partial charge >= 0.3 is 0 Å². The van der Waals surface area contributed by atoms with Crippen LogP contribution in [0.5, 0.6) is 0 Å². The lowest BCUT2D eigenvalue weighted by Crippen LogP contribution is -2.29. The molecule has 0 radical (unpaired) electrons. The molecule has 0 aliphatic rings. The molecule has 1 unspecified atom stereocenters. The van der Waals surface area contributed by atoms with Crippen molar-refractivity contribution < 1.29 is 0 Å². The lowest BCUT2D eigenvalue weighted by atomic mass is 10.00. The van der Waals surface area contributed by atoms with E-state index in [4.69, 9.17) is 5.84 Å². The molecule has 0 aliphatic carbocycles. The molecule has 1 atom stereocenters. The van der Waals surface area contributed by atoms with Crippen LogP contribution in [0.25, 0.3) is 0 Å². The number of nitrogens with two attached hydrogens (primary N) is 1. The maximum atomic E-state index is 5.62. The van der Waals surface area contributed by atoms with Crippen LogP contribution >= 0.6 is 0 Å². The smallest absolute Gasteiger partial charge is 0.0515 e. The minimum Gasteiger partial charge on any atom is -0.271 e. The molecule has 0 saturated heterocycles. The van der Waals surface area contributed by atoms with Crippen LogP contribution in [0, 0.1) is 6.92 Å². The molecule has 17 heavy (non-hydrogen) atoms. The molecule has 3 N–H and O–H groups in total. The Morgan fingerprint density at radius 3 is 2.65 bits per heavy atom. The SMILES string of the molecule is Cc1cncc(C(Cc2ccccc2)NN)c1. The molecular weight excluding hydrogens is 210 g/mol. The lowest BCUT2D eigenvalue weighted by Gasteiger charge is -2.16. The first-order chi connectivity index (χ1) is 8.29. The van der Waals surface area contributed by atoms with Gasteiger partial charge in [0.2, 0.25) is 0 Å². The van der Waals surface area contributed by atoms with E-state index in [0.717, 1.165) is 17.5 Å². The maximum Gasteiger partial charge on any atom is 0.0515 e. The van der Waals surface area contributed by atoms with E-state index < -0.39 is 0 Å². The maximum absolute atomic E-state index is 5.62. The molecule has 1 aromatic heterocycles. The highest BCUT2D eigenvalue weighted by atomic mass is 15.2. The molecule has 0 bridgehead atoms. The predicted octanol–water partition coefficient (Wildman–Crippen LogP) is 2.14. The minimum absolute atomic E-state index is 0.102. The summed E-state index contributed by atoms with van der Waals surface area (Å²) in [6.07, 6.45) is 4.57. The average Bonchev–Trinajstić information content (AvgIpc) is 2.37. The Bertz CT molecular complexity index is 468. The first kappa shape index (κ1) is 11.8. The standard InChI is InChI=1S/C14H17N3/c1-11-7-13(10-16-9-11)14(17-15)8-12-5-3-2-4-6-12/h2-7,9-10,14,17H,8,15H2,1H3. The van der Waals surface area contributed by atoms with Crippen LogP contribution < -0.4 is 11.3 Å². The number of aryl methyl sites for hydroxylation is 1. The average molecular weight is 227 g/mol. The van der Waals surface area contributed by atoms with Crippen molar-refractivity contribution in [2.75, 3.05) is 0 Å². The zero-order chi connectivity index (χ0) is 12.1. The van der Waals surface area contributed by atoms with Crippen LogP contribution in [-0.4, -0.2) is 4.98 Å². The van der Waals surface area contributed by atoms with Crippen molar-refractivity contribution in [1.82, 2.24) is 10.4 Å². The van der Waals surface area contributed by atoms with E-state index in [1.165, 1.54) is 5.56 Å². The number of benzene rings is 1. The second kappa shape index (κ2) is 5.57. The van der Waals surface area contributed by atoms with Crippen LogP contribution in [-0.2, 0) is 6.42 Å². The third-order valence-electron chi connectivity index (χ3n) is 2.78. The van der Waals surface area contributed by atoms with Gasteiger partial charge in [-0.1, -0.05) is 36.4 Å². The monoisotopic (exact) mass is 227 g/mol. The van der Waals surface area contributed by atoms with E-state index in [0.29, 0.717) is 0 Å². The summed E-state index contributed by atoms with van der Waals surface area (Å²) in [6.45, 7) is 2.03. The summed E-state index contributed by atoms with van der Waals surface area (Å²) in [5.41, 5.74) is 6.39. The molecule has 0 aliphatic heterocycles. The molecule has 0 saturated carbocycles. The van der Waals surface area contributed by atoms with Crippen molar-refractivity contribution >= 4 is 0 Å². The molecule has 0 amide bonds. The molecule has 1 heterocycles. The van der Waals surface area contributed by atoms with Crippen molar-refractivity contribution in [3.8, 4) is 0 Å². The van der Waals surface area contributed by atoms with Crippen molar-refractivity contribution in [1.29, 1.82) is 0 Å². The number of hydrogen-bond donors (Lipinski definition) is 2. The number of nitrogens with one attached hydrogen (secondary N) is 1. The molecule has 88 valence electrons. The van der Waals surface area contributed by atoms with Gasteiger partial charge in [-0.15, -0.1) is 0 Å². The molecule has 0 fully saturated rings. The fraction of sp³-hybridized carbons (Fsp3) is 0.214. The van der Waals surface area contributed by atoms with Gasteiger partial charge in [-0.05, 0) is 30.0 Å². The third kappa shape index (κ3) is 3.12. The molecule has 2 rings (SSSR count). The Hall–Kier alpha value is -1.71. The van der Waals surface area contributed by atoms with Gasteiger partial charge in [0.1, 0.15) is 0 Å². The van der Waals surface area contributed by atoms with Crippen LogP contribution in [0.1, 0.15) is 22.7 Å². The minimum atomic E-state index is 0.102. The summed E-state index contributed by atoms with van der Waals surface area (Å²) in [4.78, 5) is 4.20. The van der Waals surface area contributed by atoms with Gasteiger partial charge < -0.3 is 0 Å². The Labute approximate surface area is 102 Å². The number of aromatic nitrogens is 1. The zero-order valence-corrected chi connectivity index (χ0v) is 9.93. The van der Waals surface area contributed by atoms with Crippen molar-refractivity contribution in [3.05, 3.63) is 65.5 Å². The van der Waals surface area contributed by atoms with Crippen LogP contribution in [0.15, 0.2) is 48.8 Å². The number of rotatable bonds is 4. The summed E-state index contributed by atoms with van der Waals surface area (Å²) in [5.74, 6) is 5.62. The van der Waals surface area contributed by atoms with Gasteiger partial charge in [-0.2, -0.15) is 0 Å².